The zero-order chi connectivity index (χ0) is 16.7. The lowest BCUT2D eigenvalue weighted by atomic mass is 10.0. The van der Waals surface area contributed by atoms with E-state index in [-0.39, 0.29) is 17.2 Å². The zero-order valence-corrected chi connectivity index (χ0v) is 12.7. The highest BCUT2D eigenvalue weighted by Gasteiger charge is 2.15. The molecule has 0 fully saturated rings. The first kappa shape index (κ1) is 14.3. The summed E-state index contributed by atoms with van der Waals surface area (Å²) in [7, 11) is 0. The summed E-state index contributed by atoms with van der Waals surface area (Å²) in [4.78, 5) is 0. The fourth-order valence-electron chi connectivity index (χ4n) is 2.92. The minimum atomic E-state index is 0.152. The monoisotopic (exact) mass is 320 g/mol. The molecule has 0 atom stereocenters. The number of aromatic hydroxyl groups is 3. The molecule has 0 aromatic heterocycles. The van der Waals surface area contributed by atoms with Crippen molar-refractivity contribution in [1.29, 1.82) is 0 Å². The summed E-state index contributed by atoms with van der Waals surface area (Å²) in [5.41, 5.74) is 5.02. The zero-order valence-electron chi connectivity index (χ0n) is 12.7. The molecule has 0 bridgehead atoms. The highest BCUT2D eigenvalue weighted by molar-refractivity contribution is 5.82. The number of phenols is 3. The van der Waals surface area contributed by atoms with Crippen LogP contribution in [0.2, 0.25) is 0 Å². The number of fused-ring (bicyclic) bond motifs is 3. The van der Waals surface area contributed by atoms with E-state index in [2.05, 4.69) is 10.6 Å². The summed E-state index contributed by atoms with van der Waals surface area (Å²) in [6.07, 6.45) is 0.583. The van der Waals surface area contributed by atoms with E-state index in [1.54, 1.807) is 42.5 Å². The van der Waals surface area contributed by atoms with Crippen LogP contribution in [0, 0.1) is 0 Å². The van der Waals surface area contributed by atoms with Gasteiger partial charge in [-0.3, -0.25) is 0 Å². The van der Waals surface area contributed by atoms with Crippen LogP contribution in [-0.2, 0) is 6.42 Å². The quantitative estimate of drug-likeness (QED) is 0.314. The van der Waals surface area contributed by atoms with Gasteiger partial charge in [-0.05, 0) is 47.5 Å². The Labute approximate surface area is 138 Å². The maximum Gasteiger partial charge on any atom is 0.117 e. The van der Waals surface area contributed by atoms with E-state index in [0.717, 1.165) is 28.2 Å². The highest BCUT2D eigenvalue weighted by atomic mass is 16.3. The molecule has 0 unspecified atom stereocenters. The normalized spacial score (nSPS) is 12.3. The van der Waals surface area contributed by atoms with Gasteiger partial charge in [0.2, 0.25) is 0 Å². The van der Waals surface area contributed by atoms with Crippen molar-refractivity contribution in [3.63, 3.8) is 0 Å². The van der Waals surface area contributed by atoms with Crippen LogP contribution >= 0.6 is 0 Å². The van der Waals surface area contributed by atoms with Gasteiger partial charge in [0.25, 0.3) is 0 Å². The molecule has 0 saturated heterocycles. The fraction of sp³-hybridized carbons (Fsp3) is 0.0526. The van der Waals surface area contributed by atoms with E-state index in [9.17, 15) is 15.3 Å². The summed E-state index contributed by atoms with van der Waals surface area (Å²) in [6, 6.07) is 15.3. The lowest BCUT2D eigenvalue weighted by molar-refractivity contribution is 0.474. The van der Waals surface area contributed by atoms with E-state index in [0.29, 0.717) is 12.1 Å². The second kappa shape index (κ2) is 5.38. The molecule has 120 valence electrons. The molecule has 0 radical (unpaired) electrons. The first-order valence-corrected chi connectivity index (χ1v) is 7.59. The minimum Gasteiger partial charge on any atom is -0.508 e. The Morgan fingerprint density at radius 1 is 0.542 bits per heavy atom. The molecule has 1 heterocycles. The van der Waals surface area contributed by atoms with Crippen LogP contribution in [0.15, 0.2) is 54.6 Å². The first-order valence-electron chi connectivity index (χ1n) is 7.59. The second-order valence-electron chi connectivity index (χ2n) is 5.84. The molecule has 4 rings (SSSR count). The van der Waals surface area contributed by atoms with Gasteiger partial charge < -0.3 is 26.0 Å². The maximum absolute atomic E-state index is 9.83. The first-order chi connectivity index (χ1) is 11.6. The van der Waals surface area contributed by atoms with Crippen molar-refractivity contribution in [2.75, 3.05) is 10.6 Å². The second-order valence-corrected chi connectivity index (χ2v) is 5.84. The van der Waals surface area contributed by atoms with Gasteiger partial charge in [0.05, 0.1) is 11.4 Å². The highest BCUT2D eigenvalue weighted by Crippen LogP contribution is 2.38. The van der Waals surface area contributed by atoms with Gasteiger partial charge in [-0.2, -0.15) is 0 Å². The predicted molar refractivity (Wildman–Crippen MR) is 93.7 cm³/mol. The summed E-state index contributed by atoms with van der Waals surface area (Å²) < 4.78 is 0. The van der Waals surface area contributed by atoms with Crippen LogP contribution in [-0.4, -0.2) is 15.3 Å². The standard InChI is InChI=1S/C19H16N2O3/c22-13-3-5-16-12(8-13)7-11-1-2-14(23)9-18(11)21-17-6-4-15(24)10-19(17)20-16/h1-6,8-10,20-24H,7H2. The van der Waals surface area contributed by atoms with Crippen LogP contribution in [0.5, 0.6) is 17.2 Å². The molecule has 3 aromatic carbocycles. The van der Waals surface area contributed by atoms with Crippen LogP contribution in [0.4, 0.5) is 22.7 Å². The molecule has 1 aliphatic rings. The third kappa shape index (κ3) is 2.56. The van der Waals surface area contributed by atoms with E-state index < -0.39 is 0 Å². The number of benzene rings is 3. The van der Waals surface area contributed by atoms with Crippen molar-refractivity contribution < 1.29 is 15.3 Å². The van der Waals surface area contributed by atoms with E-state index in [1.807, 2.05) is 12.1 Å². The molecular weight excluding hydrogens is 304 g/mol. The fourth-order valence-corrected chi connectivity index (χ4v) is 2.92. The average Bonchev–Trinajstić information content (AvgIpc) is 2.60. The Morgan fingerprint density at radius 2 is 1.12 bits per heavy atom. The van der Waals surface area contributed by atoms with Crippen molar-refractivity contribution in [2.45, 2.75) is 6.42 Å². The molecule has 0 saturated carbocycles. The molecule has 0 spiro atoms. The minimum absolute atomic E-state index is 0.152. The van der Waals surface area contributed by atoms with Crippen molar-refractivity contribution in [3.8, 4) is 17.2 Å². The van der Waals surface area contributed by atoms with Crippen LogP contribution in [0.25, 0.3) is 0 Å². The molecule has 5 nitrogen and oxygen atoms in total. The average molecular weight is 320 g/mol. The van der Waals surface area contributed by atoms with Crippen molar-refractivity contribution in [2.24, 2.45) is 0 Å². The van der Waals surface area contributed by atoms with Gasteiger partial charge in [-0.25, -0.2) is 0 Å². The number of nitrogens with one attached hydrogen (secondary N) is 2. The predicted octanol–water partition coefficient (Wildman–Crippen LogP) is 4.19. The summed E-state index contributed by atoms with van der Waals surface area (Å²) >= 11 is 0. The van der Waals surface area contributed by atoms with E-state index in [4.69, 9.17) is 0 Å². The SMILES string of the molecule is Oc1ccc2c(c1)Cc1ccc(O)cc1Nc1ccc(O)cc1N2. The third-order valence-corrected chi connectivity index (χ3v) is 4.11. The smallest absolute Gasteiger partial charge is 0.117 e. The molecule has 5 heteroatoms. The van der Waals surface area contributed by atoms with Gasteiger partial charge in [-0.15, -0.1) is 0 Å². The van der Waals surface area contributed by atoms with Crippen LogP contribution in [0.3, 0.4) is 0 Å². The number of anilines is 4. The van der Waals surface area contributed by atoms with Crippen LogP contribution in [0.1, 0.15) is 11.1 Å². The largest absolute Gasteiger partial charge is 0.508 e. The van der Waals surface area contributed by atoms with Gasteiger partial charge in [0.15, 0.2) is 0 Å². The van der Waals surface area contributed by atoms with Crippen molar-refractivity contribution in [1.82, 2.24) is 0 Å². The van der Waals surface area contributed by atoms with Gasteiger partial charge in [-0.1, -0.05) is 6.07 Å². The molecule has 0 aliphatic carbocycles. The molecule has 5 N–H and O–H groups in total. The molecule has 0 amide bonds. The third-order valence-electron chi connectivity index (χ3n) is 4.11. The van der Waals surface area contributed by atoms with Gasteiger partial charge >= 0.3 is 0 Å². The number of phenolic OH excluding ortho intramolecular Hbond substituents is 3. The molecular formula is C19H16N2O3. The van der Waals surface area contributed by atoms with Crippen molar-refractivity contribution in [3.05, 3.63) is 65.7 Å². The Bertz CT molecular complexity index is 815. The molecule has 3 aromatic rings. The van der Waals surface area contributed by atoms with E-state index >= 15 is 0 Å². The lowest BCUT2D eigenvalue weighted by Gasteiger charge is -2.14. The summed E-state index contributed by atoms with van der Waals surface area (Å²) in [5, 5.41) is 36.1. The Morgan fingerprint density at radius 3 is 1.92 bits per heavy atom. The van der Waals surface area contributed by atoms with Gasteiger partial charge in [0.1, 0.15) is 17.2 Å². The van der Waals surface area contributed by atoms with Gasteiger partial charge in [0, 0.05) is 29.9 Å². The summed E-state index contributed by atoms with van der Waals surface area (Å²) in [6.45, 7) is 0. The molecule has 24 heavy (non-hydrogen) atoms. The maximum atomic E-state index is 9.83. The number of hydrogen-bond acceptors (Lipinski definition) is 5. The summed E-state index contributed by atoms with van der Waals surface area (Å²) in [5.74, 6) is 0.517. The van der Waals surface area contributed by atoms with Crippen molar-refractivity contribution >= 4 is 22.7 Å². The lowest BCUT2D eigenvalue weighted by Crippen LogP contribution is -1.97. The molecule has 1 aliphatic heterocycles. The number of rotatable bonds is 0. The number of hydrogen-bond donors (Lipinski definition) is 5. The Balaban J connectivity index is 1.95. The van der Waals surface area contributed by atoms with Crippen LogP contribution < -0.4 is 10.6 Å². The Kier molecular flexibility index (Phi) is 3.20. The Hall–Kier alpha value is -3.34. The topological polar surface area (TPSA) is 84.8 Å². The van der Waals surface area contributed by atoms with E-state index in [1.165, 1.54) is 0 Å².